The highest BCUT2D eigenvalue weighted by atomic mass is 35.5. The summed E-state index contributed by atoms with van der Waals surface area (Å²) in [6.07, 6.45) is 3.78. The first kappa shape index (κ1) is 9.49. The Morgan fingerprint density at radius 1 is 1.50 bits per heavy atom. The van der Waals surface area contributed by atoms with E-state index in [1.54, 1.807) is 0 Å². The van der Waals surface area contributed by atoms with Crippen LogP contribution < -0.4 is 5.73 Å². The lowest BCUT2D eigenvalue weighted by molar-refractivity contribution is 1.63. The Labute approximate surface area is 82.6 Å². The molecule has 2 N–H and O–H groups in total. The van der Waals surface area contributed by atoms with E-state index in [2.05, 4.69) is 12.6 Å². The summed E-state index contributed by atoms with van der Waals surface area (Å²) in [7, 11) is 0. The van der Waals surface area contributed by atoms with Crippen molar-refractivity contribution in [3.63, 3.8) is 0 Å². The van der Waals surface area contributed by atoms with Gasteiger partial charge in [-0.15, -0.1) is 0 Å². The molecule has 1 aromatic rings. The highest BCUT2D eigenvalue weighted by Gasteiger charge is 1.98. The van der Waals surface area contributed by atoms with Crippen molar-refractivity contribution in [2.75, 3.05) is 11.5 Å². The molecule has 0 aliphatic carbocycles. The van der Waals surface area contributed by atoms with Crippen LogP contribution in [0.3, 0.4) is 0 Å². The minimum absolute atomic E-state index is 0.674. The van der Waals surface area contributed by atoms with Gasteiger partial charge in [-0.3, -0.25) is 0 Å². The minimum atomic E-state index is 0.674. The van der Waals surface area contributed by atoms with Crippen LogP contribution in [0.25, 0.3) is 6.08 Å². The van der Waals surface area contributed by atoms with Gasteiger partial charge in [-0.25, -0.2) is 0 Å². The van der Waals surface area contributed by atoms with E-state index < -0.39 is 0 Å². The molecule has 0 aliphatic rings. The maximum absolute atomic E-state index is 5.91. The van der Waals surface area contributed by atoms with Crippen LogP contribution in [0.4, 0.5) is 5.69 Å². The van der Waals surface area contributed by atoms with Crippen molar-refractivity contribution < 1.29 is 0 Å². The molecule has 12 heavy (non-hydrogen) atoms. The Morgan fingerprint density at radius 2 is 2.25 bits per heavy atom. The van der Waals surface area contributed by atoms with E-state index in [1.165, 1.54) is 0 Å². The number of anilines is 1. The Kier molecular flexibility index (Phi) is 3.50. The van der Waals surface area contributed by atoms with Crippen LogP contribution >= 0.6 is 24.2 Å². The number of rotatable bonds is 2. The van der Waals surface area contributed by atoms with Gasteiger partial charge in [-0.1, -0.05) is 29.8 Å². The molecule has 0 unspecified atom stereocenters. The largest absolute Gasteiger partial charge is 0.398 e. The van der Waals surface area contributed by atoms with Gasteiger partial charge in [0.25, 0.3) is 0 Å². The van der Waals surface area contributed by atoms with E-state index >= 15 is 0 Å². The van der Waals surface area contributed by atoms with Crippen LogP contribution in [0, 0.1) is 0 Å². The molecule has 0 fully saturated rings. The van der Waals surface area contributed by atoms with Gasteiger partial charge in [0, 0.05) is 22.0 Å². The molecule has 0 saturated heterocycles. The van der Waals surface area contributed by atoms with Crippen LogP contribution in [0.5, 0.6) is 0 Å². The Morgan fingerprint density at radius 3 is 2.83 bits per heavy atom. The molecule has 0 spiro atoms. The SMILES string of the molecule is Nc1cccc(Cl)c1C=CCS. The molecule has 0 aromatic heterocycles. The predicted octanol–water partition coefficient (Wildman–Crippen LogP) is 2.87. The molecular weight excluding hydrogens is 190 g/mol. The molecular formula is C9H10ClNS. The molecule has 1 rings (SSSR count). The lowest BCUT2D eigenvalue weighted by atomic mass is 10.1. The Bertz CT molecular complexity index is 276. The lowest BCUT2D eigenvalue weighted by Crippen LogP contribution is -1.89. The van der Waals surface area contributed by atoms with Gasteiger partial charge >= 0.3 is 0 Å². The molecule has 3 heteroatoms. The molecule has 0 amide bonds. The molecule has 0 heterocycles. The summed E-state index contributed by atoms with van der Waals surface area (Å²) in [5.41, 5.74) is 7.27. The van der Waals surface area contributed by atoms with Crippen LogP contribution in [0.1, 0.15) is 5.56 Å². The molecule has 1 nitrogen and oxygen atoms in total. The summed E-state index contributed by atoms with van der Waals surface area (Å²) in [6.45, 7) is 0. The first-order valence-corrected chi connectivity index (χ1v) is 4.58. The average Bonchev–Trinajstić information content (AvgIpc) is 2.04. The standard InChI is InChI=1S/C9H10ClNS/c10-8-4-1-5-9(11)7(8)3-2-6-12/h1-5,12H,6,11H2. The third kappa shape index (κ3) is 2.19. The molecule has 64 valence electrons. The predicted molar refractivity (Wildman–Crippen MR) is 58.8 cm³/mol. The fourth-order valence-electron chi connectivity index (χ4n) is 0.900. The van der Waals surface area contributed by atoms with Gasteiger partial charge in [0.2, 0.25) is 0 Å². The van der Waals surface area contributed by atoms with E-state index in [0.717, 1.165) is 5.56 Å². The molecule has 0 radical (unpaired) electrons. The zero-order chi connectivity index (χ0) is 8.97. The van der Waals surface area contributed by atoms with Gasteiger partial charge < -0.3 is 5.73 Å². The Hall–Kier alpha value is -0.600. The van der Waals surface area contributed by atoms with Crippen molar-refractivity contribution in [3.05, 3.63) is 34.9 Å². The van der Waals surface area contributed by atoms with Crippen molar-refractivity contribution in [2.24, 2.45) is 0 Å². The molecule has 0 atom stereocenters. The van der Waals surface area contributed by atoms with E-state index in [9.17, 15) is 0 Å². The van der Waals surface area contributed by atoms with Gasteiger partial charge in [0.05, 0.1) is 0 Å². The third-order valence-electron chi connectivity index (χ3n) is 1.48. The first-order valence-electron chi connectivity index (χ1n) is 3.57. The van der Waals surface area contributed by atoms with Crippen molar-refractivity contribution in [1.82, 2.24) is 0 Å². The number of hydrogen-bond donors (Lipinski definition) is 2. The fourth-order valence-corrected chi connectivity index (χ4v) is 1.25. The number of thiol groups is 1. The number of nitrogen functional groups attached to an aromatic ring is 1. The fraction of sp³-hybridized carbons (Fsp3) is 0.111. The topological polar surface area (TPSA) is 26.0 Å². The van der Waals surface area contributed by atoms with Crippen molar-refractivity contribution in [3.8, 4) is 0 Å². The highest BCUT2D eigenvalue weighted by Crippen LogP contribution is 2.22. The lowest BCUT2D eigenvalue weighted by Gasteiger charge is -2.01. The van der Waals surface area contributed by atoms with Crippen molar-refractivity contribution in [2.45, 2.75) is 0 Å². The number of hydrogen-bond acceptors (Lipinski definition) is 2. The zero-order valence-electron chi connectivity index (χ0n) is 6.50. The monoisotopic (exact) mass is 199 g/mol. The van der Waals surface area contributed by atoms with Crippen molar-refractivity contribution in [1.29, 1.82) is 0 Å². The smallest absolute Gasteiger partial charge is 0.0498 e. The van der Waals surface area contributed by atoms with Crippen LogP contribution in [-0.4, -0.2) is 5.75 Å². The summed E-state index contributed by atoms with van der Waals surface area (Å²) in [5.74, 6) is 0.685. The number of nitrogens with two attached hydrogens (primary N) is 1. The Balaban J connectivity index is 3.04. The van der Waals surface area contributed by atoms with E-state index in [1.807, 2.05) is 30.4 Å². The second kappa shape index (κ2) is 4.43. The van der Waals surface area contributed by atoms with Crippen LogP contribution in [0.2, 0.25) is 5.02 Å². The molecule has 1 aromatic carbocycles. The van der Waals surface area contributed by atoms with E-state index in [0.29, 0.717) is 16.5 Å². The summed E-state index contributed by atoms with van der Waals surface area (Å²) >= 11 is 9.96. The summed E-state index contributed by atoms with van der Waals surface area (Å²) in [4.78, 5) is 0. The maximum Gasteiger partial charge on any atom is 0.0498 e. The maximum atomic E-state index is 5.91. The second-order valence-electron chi connectivity index (χ2n) is 2.33. The van der Waals surface area contributed by atoms with Gasteiger partial charge in [-0.2, -0.15) is 12.6 Å². The normalized spacial score (nSPS) is 10.8. The summed E-state index contributed by atoms with van der Waals surface area (Å²) in [6, 6.07) is 5.47. The molecule has 0 aliphatic heterocycles. The average molecular weight is 200 g/mol. The van der Waals surface area contributed by atoms with Gasteiger partial charge in [0.15, 0.2) is 0 Å². The van der Waals surface area contributed by atoms with Crippen LogP contribution in [-0.2, 0) is 0 Å². The number of halogens is 1. The zero-order valence-corrected chi connectivity index (χ0v) is 8.15. The first-order chi connectivity index (χ1) is 5.75. The third-order valence-corrected chi connectivity index (χ3v) is 2.02. The van der Waals surface area contributed by atoms with Crippen LogP contribution in [0.15, 0.2) is 24.3 Å². The number of benzene rings is 1. The van der Waals surface area contributed by atoms with Gasteiger partial charge in [-0.05, 0) is 12.1 Å². The highest BCUT2D eigenvalue weighted by molar-refractivity contribution is 7.80. The summed E-state index contributed by atoms with van der Waals surface area (Å²) in [5, 5.41) is 0.674. The van der Waals surface area contributed by atoms with Crippen molar-refractivity contribution >= 4 is 36.0 Å². The summed E-state index contributed by atoms with van der Waals surface area (Å²) < 4.78 is 0. The van der Waals surface area contributed by atoms with E-state index in [4.69, 9.17) is 17.3 Å². The molecule has 0 saturated carbocycles. The minimum Gasteiger partial charge on any atom is -0.398 e. The van der Waals surface area contributed by atoms with Gasteiger partial charge in [0.1, 0.15) is 0 Å². The second-order valence-corrected chi connectivity index (χ2v) is 3.10. The molecule has 0 bridgehead atoms. The quantitative estimate of drug-likeness (QED) is 0.556. The van der Waals surface area contributed by atoms with E-state index in [-0.39, 0.29) is 0 Å².